The van der Waals surface area contributed by atoms with Crippen LogP contribution in [0.15, 0.2) is 11.8 Å². The van der Waals surface area contributed by atoms with Crippen LogP contribution in [0, 0.1) is 6.92 Å². The predicted octanol–water partition coefficient (Wildman–Crippen LogP) is 2.15. The normalized spacial score (nSPS) is 17.5. The number of aromatic amines is 1. The molecule has 0 saturated carbocycles. The number of rotatable bonds is 9. The van der Waals surface area contributed by atoms with Gasteiger partial charge in [0.25, 0.3) is 0 Å². The Hall–Kier alpha value is -1.30. The Morgan fingerprint density at radius 2 is 1.95 bits per heavy atom. The summed E-state index contributed by atoms with van der Waals surface area (Å²) in [6, 6.07) is 2.15. The van der Waals surface area contributed by atoms with Crippen LogP contribution in [0.3, 0.4) is 0 Å². The molecule has 6 N–H and O–H groups in total. The first-order valence-corrected chi connectivity index (χ1v) is 8.36. The number of nitrogens with two attached hydrogens (primary N) is 1. The second kappa shape index (κ2) is 8.36. The summed E-state index contributed by atoms with van der Waals surface area (Å²) in [5.74, 6) is 0. The molecule has 1 aliphatic heterocycles. The molecule has 0 radical (unpaired) electrons. The Balaban J connectivity index is 1.79. The molecule has 1 aliphatic rings. The Bertz CT molecular complexity index is 507. The lowest BCUT2D eigenvalue weighted by Gasteiger charge is -2.25. The van der Waals surface area contributed by atoms with Crippen molar-refractivity contribution in [3.05, 3.63) is 28.7 Å². The fourth-order valence-electron chi connectivity index (χ4n) is 3.11. The molecule has 22 heavy (non-hydrogen) atoms. The number of aliphatic hydroxyl groups excluding tert-OH is 1. The minimum Gasteiger partial charge on any atom is -0.395 e. The van der Waals surface area contributed by atoms with E-state index in [0.29, 0.717) is 6.54 Å². The third-order valence-electron chi connectivity index (χ3n) is 4.26. The number of H-pyrrole nitrogens is 1. The zero-order valence-electron chi connectivity index (χ0n) is 13.8. The molecule has 0 fully saturated rings. The first kappa shape index (κ1) is 17.1. The molecule has 0 spiro atoms. The van der Waals surface area contributed by atoms with Crippen LogP contribution < -0.4 is 16.4 Å². The number of aromatic nitrogens is 1. The van der Waals surface area contributed by atoms with Crippen molar-refractivity contribution in [3.8, 4) is 0 Å². The maximum atomic E-state index is 8.69. The van der Waals surface area contributed by atoms with Crippen LogP contribution in [-0.2, 0) is 0 Å². The molecule has 0 saturated heterocycles. The van der Waals surface area contributed by atoms with Crippen LogP contribution in [0.1, 0.15) is 62.1 Å². The lowest BCUT2D eigenvalue weighted by Crippen LogP contribution is -2.31. The highest BCUT2D eigenvalue weighted by molar-refractivity contribution is 5.71. The minimum absolute atomic E-state index is 0.0960. The van der Waals surface area contributed by atoms with Crippen molar-refractivity contribution < 1.29 is 5.11 Å². The van der Waals surface area contributed by atoms with E-state index in [4.69, 9.17) is 10.8 Å². The number of allylic oxidation sites excluding steroid dienone is 2. The van der Waals surface area contributed by atoms with Gasteiger partial charge in [-0.15, -0.1) is 0 Å². The van der Waals surface area contributed by atoms with Crippen molar-refractivity contribution in [1.82, 2.24) is 15.6 Å². The summed E-state index contributed by atoms with van der Waals surface area (Å²) in [6.45, 7) is 6.12. The molecular formula is C17H30N4O. The summed E-state index contributed by atoms with van der Waals surface area (Å²) in [7, 11) is 0. The molecule has 0 aromatic carbocycles. The first-order valence-electron chi connectivity index (χ1n) is 8.36. The van der Waals surface area contributed by atoms with Crippen LogP contribution in [0.25, 0.3) is 5.57 Å². The Kier molecular flexibility index (Phi) is 6.49. The van der Waals surface area contributed by atoms with Crippen molar-refractivity contribution in [3.63, 3.8) is 0 Å². The highest BCUT2D eigenvalue weighted by Gasteiger charge is 2.23. The van der Waals surface area contributed by atoms with Gasteiger partial charge in [-0.2, -0.15) is 0 Å². The standard InChI is InChI=1S/C17H30N4O/c1-12-11-15-16(20-12)14(13(2)21-17(15)18)7-5-3-4-6-8-19-9-10-22/h11,17,19-22H,3-10,18H2,1-2H3. The van der Waals surface area contributed by atoms with Gasteiger partial charge in [-0.1, -0.05) is 12.8 Å². The van der Waals surface area contributed by atoms with Gasteiger partial charge in [0.15, 0.2) is 0 Å². The minimum atomic E-state index is -0.0960. The summed E-state index contributed by atoms with van der Waals surface area (Å²) in [4.78, 5) is 3.47. The highest BCUT2D eigenvalue weighted by atomic mass is 16.3. The van der Waals surface area contributed by atoms with Crippen molar-refractivity contribution in [1.29, 1.82) is 0 Å². The molecule has 0 bridgehead atoms. The van der Waals surface area contributed by atoms with Crippen LogP contribution in [-0.4, -0.2) is 29.8 Å². The van der Waals surface area contributed by atoms with Crippen LogP contribution >= 0.6 is 0 Å². The molecule has 0 amide bonds. The molecule has 124 valence electrons. The SMILES string of the molecule is CC1=C(CCCCCCNCCO)c2[nH]c(C)cc2C(N)N1. The molecule has 1 atom stereocenters. The Morgan fingerprint density at radius 3 is 2.73 bits per heavy atom. The topological polar surface area (TPSA) is 86.1 Å². The number of fused-ring (bicyclic) bond motifs is 1. The average Bonchev–Trinajstić information content (AvgIpc) is 2.87. The van der Waals surface area contributed by atoms with Gasteiger partial charge in [-0.3, -0.25) is 0 Å². The van der Waals surface area contributed by atoms with Crippen molar-refractivity contribution in [2.45, 2.75) is 52.1 Å². The van der Waals surface area contributed by atoms with Crippen molar-refractivity contribution >= 4 is 5.57 Å². The van der Waals surface area contributed by atoms with Crippen LogP contribution in [0.4, 0.5) is 0 Å². The summed E-state index contributed by atoms with van der Waals surface area (Å²) in [5.41, 5.74) is 12.3. The molecule has 2 heterocycles. The zero-order chi connectivity index (χ0) is 15.9. The van der Waals surface area contributed by atoms with E-state index in [1.807, 2.05) is 0 Å². The second-order valence-electron chi connectivity index (χ2n) is 6.15. The van der Waals surface area contributed by atoms with Gasteiger partial charge >= 0.3 is 0 Å². The van der Waals surface area contributed by atoms with E-state index in [1.165, 1.54) is 53.9 Å². The number of hydrogen-bond donors (Lipinski definition) is 5. The van der Waals surface area contributed by atoms with E-state index in [-0.39, 0.29) is 12.8 Å². The summed E-state index contributed by atoms with van der Waals surface area (Å²) >= 11 is 0. The summed E-state index contributed by atoms with van der Waals surface area (Å²) < 4.78 is 0. The summed E-state index contributed by atoms with van der Waals surface area (Å²) in [6.07, 6.45) is 5.83. The lowest BCUT2D eigenvalue weighted by atomic mass is 9.95. The highest BCUT2D eigenvalue weighted by Crippen LogP contribution is 2.33. The zero-order valence-corrected chi connectivity index (χ0v) is 13.8. The fourth-order valence-corrected chi connectivity index (χ4v) is 3.11. The smallest absolute Gasteiger partial charge is 0.102 e. The number of unbranched alkanes of at least 4 members (excludes halogenated alkanes) is 3. The maximum absolute atomic E-state index is 8.69. The van der Waals surface area contributed by atoms with Gasteiger partial charge in [-0.05, 0) is 51.3 Å². The third kappa shape index (κ3) is 4.35. The first-order chi connectivity index (χ1) is 10.6. The van der Waals surface area contributed by atoms with E-state index in [9.17, 15) is 0 Å². The van der Waals surface area contributed by atoms with Gasteiger partial charge in [0, 0.05) is 29.2 Å². The molecular weight excluding hydrogens is 276 g/mol. The molecule has 5 nitrogen and oxygen atoms in total. The van der Waals surface area contributed by atoms with Gasteiger partial charge in [0.1, 0.15) is 6.17 Å². The van der Waals surface area contributed by atoms with Gasteiger partial charge < -0.3 is 26.5 Å². The van der Waals surface area contributed by atoms with E-state index in [0.717, 1.165) is 13.0 Å². The van der Waals surface area contributed by atoms with E-state index < -0.39 is 0 Å². The molecule has 1 aromatic heterocycles. The van der Waals surface area contributed by atoms with E-state index in [2.05, 4.69) is 35.5 Å². The number of hydrogen-bond acceptors (Lipinski definition) is 4. The molecule has 2 rings (SSSR count). The molecule has 1 aromatic rings. The predicted molar refractivity (Wildman–Crippen MR) is 91.2 cm³/mol. The van der Waals surface area contributed by atoms with E-state index >= 15 is 0 Å². The molecule has 5 heteroatoms. The molecule has 0 aliphatic carbocycles. The summed E-state index contributed by atoms with van der Waals surface area (Å²) in [5, 5.41) is 15.3. The van der Waals surface area contributed by atoms with Gasteiger partial charge in [-0.25, -0.2) is 0 Å². The second-order valence-corrected chi connectivity index (χ2v) is 6.15. The average molecular weight is 306 g/mol. The Labute approximate surface area is 133 Å². The van der Waals surface area contributed by atoms with E-state index in [1.54, 1.807) is 0 Å². The van der Waals surface area contributed by atoms with Crippen LogP contribution in [0.5, 0.6) is 0 Å². The maximum Gasteiger partial charge on any atom is 0.102 e. The largest absolute Gasteiger partial charge is 0.395 e. The number of nitrogens with one attached hydrogen (secondary N) is 3. The lowest BCUT2D eigenvalue weighted by molar-refractivity contribution is 0.292. The van der Waals surface area contributed by atoms with Crippen molar-refractivity contribution in [2.24, 2.45) is 5.73 Å². The fraction of sp³-hybridized carbons (Fsp3) is 0.647. The van der Waals surface area contributed by atoms with Crippen molar-refractivity contribution in [2.75, 3.05) is 19.7 Å². The molecule has 1 unspecified atom stereocenters. The van der Waals surface area contributed by atoms with Gasteiger partial charge in [0.05, 0.1) is 6.61 Å². The quantitative estimate of drug-likeness (QED) is 0.453. The number of aryl methyl sites for hydroxylation is 1. The van der Waals surface area contributed by atoms with Crippen LogP contribution in [0.2, 0.25) is 0 Å². The monoisotopic (exact) mass is 306 g/mol. The number of aliphatic hydroxyl groups is 1. The van der Waals surface area contributed by atoms with Gasteiger partial charge in [0.2, 0.25) is 0 Å². The third-order valence-corrected chi connectivity index (χ3v) is 4.26. The Morgan fingerprint density at radius 1 is 1.18 bits per heavy atom.